The Balaban J connectivity index is 2.59. The van der Waals surface area contributed by atoms with Crippen molar-refractivity contribution in [1.82, 2.24) is 4.90 Å². The number of carboxylic acid groups (broad SMARTS) is 1. The van der Waals surface area contributed by atoms with Crippen LogP contribution in [-0.2, 0) is 9.59 Å². The second-order valence-corrected chi connectivity index (χ2v) is 6.48. The van der Waals surface area contributed by atoms with E-state index in [1.165, 1.54) is 16.7 Å². The maximum atomic E-state index is 12.3. The third-order valence-corrected chi connectivity index (χ3v) is 4.65. The highest BCUT2D eigenvalue weighted by Crippen LogP contribution is 2.37. The third-order valence-electron chi connectivity index (χ3n) is 3.64. The van der Waals surface area contributed by atoms with Crippen LogP contribution in [0.3, 0.4) is 0 Å². The maximum absolute atomic E-state index is 12.3. The van der Waals surface area contributed by atoms with Crippen molar-refractivity contribution in [2.75, 3.05) is 5.75 Å². The Bertz CT molecular complexity index is 636. The van der Waals surface area contributed by atoms with Crippen molar-refractivity contribution in [3.63, 3.8) is 0 Å². The second kappa shape index (κ2) is 5.93. The standard InChI is InChI=1S/C16H19NO3S/c1-9-5-6-13(10(2)7-9)15-12(4)21-8-14(18)17(15)11(3)16(19)20/h5-7,11H,8H2,1-4H3,(H,19,20). The van der Waals surface area contributed by atoms with Crippen molar-refractivity contribution in [2.24, 2.45) is 0 Å². The van der Waals surface area contributed by atoms with Gasteiger partial charge in [0.2, 0.25) is 5.91 Å². The minimum absolute atomic E-state index is 0.157. The Morgan fingerprint density at radius 3 is 2.57 bits per heavy atom. The van der Waals surface area contributed by atoms with Crippen LogP contribution in [0.25, 0.3) is 5.70 Å². The van der Waals surface area contributed by atoms with Crippen molar-refractivity contribution in [3.8, 4) is 0 Å². The van der Waals surface area contributed by atoms with Crippen molar-refractivity contribution in [3.05, 3.63) is 39.8 Å². The zero-order chi connectivity index (χ0) is 15.7. The van der Waals surface area contributed by atoms with Gasteiger partial charge in [-0.05, 0) is 33.3 Å². The molecule has 1 atom stereocenters. The third kappa shape index (κ3) is 2.97. The number of hydrogen-bond donors (Lipinski definition) is 1. The molecule has 1 aromatic carbocycles. The summed E-state index contributed by atoms with van der Waals surface area (Å²) in [5, 5.41) is 9.29. The first-order valence-electron chi connectivity index (χ1n) is 6.79. The molecule has 112 valence electrons. The van der Waals surface area contributed by atoms with Crippen LogP contribution in [0.5, 0.6) is 0 Å². The SMILES string of the molecule is CC1=C(c2ccc(C)cc2C)N(C(C)C(=O)O)C(=O)CS1. The van der Waals surface area contributed by atoms with E-state index in [9.17, 15) is 14.7 Å². The zero-order valence-electron chi connectivity index (χ0n) is 12.6. The van der Waals surface area contributed by atoms with Gasteiger partial charge in [-0.15, -0.1) is 11.8 Å². The number of thioether (sulfide) groups is 1. The second-order valence-electron chi connectivity index (χ2n) is 5.29. The van der Waals surface area contributed by atoms with Gasteiger partial charge in [-0.3, -0.25) is 9.69 Å². The summed E-state index contributed by atoms with van der Waals surface area (Å²) in [5.41, 5.74) is 3.83. The molecular weight excluding hydrogens is 286 g/mol. The van der Waals surface area contributed by atoms with Crippen molar-refractivity contribution >= 4 is 29.3 Å². The lowest BCUT2D eigenvalue weighted by molar-refractivity contribution is -0.145. The molecule has 0 saturated carbocycles. The number of allylic oxidation sites excluding steroid dienone is 1. The summed E-state index contributed by atoms with van der Waals surface area (Å²) >= 11 is 1.47. The summed E-state index contributed by atoms with van der Waals surface area (Å²) in [4.78, 5) is 26.0. The van der Waals surface area contributed by atoms with E-state index in [1.807, 2.05) is 39.0 Å². The smallest absolute Gasteiger partial charge is 0.326 e. The van der Waals surface area contributed by atoms with Gasteiger partial charge in [0, 0.05) is 10.5 Å². The van der Waals surface area contributed by atoms with E-state index >= 15 is 0 Å². The molecule has 2 rings (SSSR count). The number of aliphatic carboxylic acids is 1. The van der Waals surface area contributed by atoms with E-state index in [-0.39, 0.29) is 11.7 Å². The van der Waals surface area contributed by atoms with Gasteiger partial charge in [0.05, 0.1) is 11.4 Å². The van der Waals surface area contributed by atoms with E-state index in [4.69, 9.17) is 0 Å². The highest BCUT2D eigenvalue weighted by Gasteiger charge is 2.34. The molecule has 0 saturated heterocycles. The van der Waals surface area contributed by atoms with E-state index in [0.29, 0.717) is 0 Å². The number of carbonyl (C=O) groups excluding carboxylic acids is 1. The highest BCUT2D eigenvalue weighted by molar-refractivity contribution is 8.03. The Morgan fingerprint density at radius 2 is 2.00 bits per heavy atom. The Hall–Kier alpha value is -1.75. The molecule has 0 fully saturated rings. The number of carbonyl (C=O) groups is 2. The molecule has 0 aromatic heterocycles. The number of amides is 1. The predicted molar refractivity (Wildman–Crippen MR) is 84.9 cm³/mol. The lowest BCUT2D eigenvalue weighted by Gasteiger charge is -2.34. The number of aryl methyl sites for hydroxylation is 2. The van der Waals surface area contributed by atoms with E-state index in [0.717, 1.165) is 27.3 Å². The molecule has 1 unspecified atom stereocenters. The van der Waals surface area contributed by atoms with Crippen LogP contribution in [-0.4, -0.2) is 33.7 Å². The van der Waals surface area contributed by atoms with Gasteiger partial charge < -0.3 is 5.11 Å². The first kappa shape index (κ1) is 15.6. The summed E-state index contributed by atoms with van der Waals surface area (Å²) < 4.78 is 0. The minimum Gasteiger partial charge on any atom is -0.480 e. The number of rotatable bonds is 3. The van der Waals surface area contributed by atoms with E-state index < -0.39 is 12.0 Å². The fraction of sp³-hybridized carbons (Fsp3) is 0.375. The Morgan fingerprint density at radius 1 is 1.33 bits per heavy atom. The van der Waals surface area contributed by atoms with Gasteiger partial charge >= 0.3 is 5.97 Å². The monoisotopic (exact) mass is 305 g/mol. The molecule has 1 N–H and O–H groups in total. The summed E-state index contributed by atoms with van der Waals surface area (Å²) in [6.45, 7) is 7.48. The van der Waals surface area contributed by atoms with Crippen molar-refractivity contribution in [1.29, 1.82) is 0 Å². The quantitative estimate of drug-likeness (QED) is 0.932. The molecule has 0 aliphatic carbocycles. The predicted octanol–water partition coefficient (Wildman–Crippen LogP) is 3.04. The minimum atomic E-state index is -0.995. The first-order valence-corrected chi connectivity index (χ1v) is 7.77. The number of carboxylic acids is 1. The summed E-state index contributed by atoms with van der Waals surface area (Å²) in [6.07, 6.45) is 0. The molecule has 1 aliphatic heterocycles. The topological polar surface area (TPSA) is 57.6 Å². The van der Waals surface area contributed by atoms with Crippen molar-refractivity contribution < 1.29 is 14.7 Å². The van der Waals surface area contributed by atoms with Crippen LogP contribution in [0.4, 0.5) is 0 Å². The fourth-order valence-corrected chi connectivity index (χ4v) is 3.35. The molecule has 1 heterocycles. The average molecular weight is 305 g/mol. The fourth-order valence-electron chi connectivity index (χ4n) is 2.52. The summed E-state index contributed by atoms with van der Waals surface area (Å²) in [5.74, 6) is -0.863. The van der Waals surface area contributed by atoms with Crippen LogP contribution in [0.2, 0.25) is 0 Å². The van der Waals surface area contributed by atoms with Crippen LogP contribution in [0.15, 0.2) is 23.1 Å². The van der Waals surface area contributed by atoms with Crippen LogP contribution >= 0.6 is 11.8 Å². The number of hydrogen-bond acceptors (Lipinski definition) is 3. The Labute approximate surface area is 128 Å². The van der Waals surface area contributed by atoms with Crippen LogP contribution in [0, 0.1) is 13.8 Å². The molecule has 1 aromatic rings. The molecule has 5 heteroatoms. The highest BCUT2D eigenvalue weighted by atomic mass is 32.2. The molecule has 0 radical (unpaired) electrons. The van der Waals surface area contributed by atoms with Gasteiger partial charge in [-0.2, -0.15) is 0 Å². The lowest BCUT2D eigenvalue weighted by Crippen LogP contribution is -2.44. The molecule has 4 nitrogen and oxygen atoms in total. The zero-order valence-corrected chi connectivity index (χ0v) is 13.5. The summed E-state index contributed by atoms with van der Waals surface area (Å²) in [6, 6.07) is 5.12. The first-order chi connectivity index (χ1) is 9.82. The van der Waals surface area contributed by atoms with Gasteiger partial charge in [-0.1, -0.05) is 23.8 Å². The molecule has 21 heavy (non-hydrogen) atoms. The maximum Gasteiger partial charge on any atom is 0.326 e. The van der Waals surface area contributed by atoms with Gasteiger partial charge in [0.25, 0.3) is 0 Å². The van der Waals surface area contributed by atoms with Crippen molar-refractivity contribution in [2.45, 2.75) is 33.7 Å². The van der Waals surface area contributed by atoms with Gasteiger partial charge in [0.1, 0.15) is 6.04 Å². The Kier molecular flexibility index (Phi) is 4.42. The molecule has 1 aliphatic rings. The van der Waals surface area contributed by atoms with E-state index in [2.05, 4.69) is 0 Å². The molecule has 0 spiro atoms. The molecule has 0 bridgehead atoms. The summed E-state index contributed by atoms with van der Waals surface area (Å²) in [7, 11) is 0. The van der Waals surface area contributed by atoms with Gasteiger partial charge in [-0.25, -0.2) is 4.79 Å². The lowest BCUT2D eigenvalue weighted by atomic mass is 10.0. The van der Waals surface area contributed by atoms with Gasteiger partial charge in [0.15, 0.2) is 0 Å². The molecule has 1 amide bonds. The molecular formula is C16H19NO3S. The van der Waals surface area contributed by atoms with E-state index in [1.54, 1.807) is 6.92 Å². The van der Waals surface area contributed by atoms with Crippen LogP contribution in [0.1, 0.15) is 30.5 Å². The average Bonchev–Trinajstić information content (AvgIpc) is 2.41. The number of benzene rings is 1. The number of nitrogens with zero attached hydrogens (tertiary/aromatic N) is 1. The van der Waals surface area contributed by atoms with Crippen LogP contribution < -0.4 is 0 Å². The normalized spacial score (nSPS) is 17.1. The largest absolute Gasteiger partial charge is 0.480 e.